The summed E-state index contributed by atoms with van der Waals surface area (Å²) in [6.07, 6.45) is 4.63. The summed E-state index contributed by atoms with van der Waals surface area (Å²) in [5, 5.41) is 13.2. The largest absolute Gasteiger partial charge is 0.481 e. The number of rotatable bonds is 4. The highest BCUT2D eigenvalue weighted by Gasteiger charge is 2.51. The van der Waals surface area contributed by atoms with E-state index in [0.717, 1.165) is 12.0 Å². The SMILES string of the molecule is O=C(NCc1ccc(Cl)cc1Cl)[C@@H]1[C@@H](C(=O)O)[C@H]2C=C[C@@H]1C2. The van der Waals surface area contributed by atoms with Gasteiger partial charge in [-0.25, -0.2) is 0 Å². The van der Waals surface area contributed by atoms with E-state index in [0.29, 0.717) is 10.0 Å². The second kappa shape index (κ2) is 5.94. The molecule has 3 rings (SSSR count). The third kappa shape index (κ3) is 2.73. The van der Waals surface area contributed by atoms with Crippen molar-refractivity contribution in [3.05, 3.63) is 46.0 Å². The molecule has 0 aliphatic heterocycles. The first-order valence-corrected chi connectivity index (χ1v) is 7.85. The minimum atomic E-state index is -0.901. The quantitative estimate of drug-likeness (QED) is 0.828. The van der Waals surface area contributed by atoms with Crippen LogP contribution in [-0.2, 0) is 16.1 Å². The van der Waals surface area contributed by atoms with Crippen LogP contribution < -0.4 is 5.32 Å². The standard InChI is InChI=1S/C16H15Cl2NO3/c17-11-4-3-10(12(18)6-11)7-19-15(20)13-8-1-2-9(5-8)14(13)16(21)22/h1-4,6,8-9,13-14H,5,7H2,(H,19,20)(H,21,22)/t8-,9+,13+,14+/m1/s1. The monoisotopic (exact) mass is 339 g/mol. The Balaban J connectivity index is 1.69. The van der Waals surface area contributed by atoms with Gasteiger partial charge in [0.2, 0.25) is 5.91 Å². The van der Waals surface area contributed by atoms with Gasteiger partial charge in [0, 0.05) is 16.6 Å². The van der Waals surface area contributed by atoms with Crippen molar-refractivity contribution in [1.29, 1.82) is 0 Å². The fraction of sp³-hybridized carbons (Fsp3) is 0.375. The predicted molar refractivity (Wildman–Crippen MR) is 83.7 cm³/mol. The van der Waals surface area contributed by atoms with Gasteiger partial charge in [0.1, 0.15) is 0 Å². The minimum Gasteiger partial charge on any atom is -0.481 e. The number of benzene rings is 1. The number of amides is 1. The number of halogens is 2. The van der Waals surface area contributed by atoms with Crippen LogP contribution in [0.2, 0.25) is 10.0 Å². The number of carbonyl (C=O) groups is 2. The van der Waals surface area contributed by atoms with E-state index in [1.807, 2.05) is 12.2 Å². The average Bonchev–Trinajstić information content (AvgIpc) is 3.06. The van der Waals surface area contributed by atoms with E-state index in [-0.39, 0.29) is 24.3 Å². The minimum absolute atomic E-state index is 0.0202. The number of carbonyl (C=O) groups excluding carboxylic acids is 1. The third-order valence-corrected chi connectivity index (χ3v) is 5.10. The highest BCUT2D eigenvalue weighted by Crippen LogP contribution is 2.48. The van der Waals surface area contributed by atoms with Gasteiger partial charge >= 0.3 is 5.97 Å². The van der Waals surface area contributed by atoms with Gasteiger partial charge in [-0.05, 0) is 36.0 Å². The van der Waals surface area contributed by atoms with Crippen LogP contribution in [0.15, 0.2) is 30.4 Å². The summed E-state index contributed by atoms with van der Waals surface area (Å²) < 4.78 is 0. The second-order valence-electron chi connectivity index (χ2n) is 5.79. The lowest BCUT2D eigenvalue weighted by Crippen LogP contribution is -2.39. The highest BCUT2D eigenvalue weighted by atomic mass is 35.5. The molecule has 4 nitrogen and oxygen atoms in total. The number of allylic oxidation sites excluding steroid dienone is 2. The molecule has 1 aromatic rings. The van der Waals surface area contributed by atoms with Crippen LogP contribution >= 0.6 is 23.2 Å². The number of aliphatic carboxylic acids is 1. The molecule has 0 saturated heterocycles. The van der Waals surface area contributed by atoms with Gasteiger partial charge in [-0.15, -0.1) is 0 Å². The zero-order valence-electron chi connectivity index (χ0n) is 11.6. The van der Waals surface area contributed by atoms with Crippen LogP contribution in [0.4, 0.5) is 0 Å². The van der Waals surface area contributed by atoms with Crippen molar-refractivity contribution < 1.29 is 14.7 Å². The Bertz CT molecular complexity index is 659. The molecule has 0 heterocycles. The van der Waals surface area contributed by atoms with Gasteiger partial charge in [-0.2, -0.15) is 0 Å². The molecule has 1 aromatic carbocycles. The average molecular weight is 340 g/mol. The number of nitrogens with one attached hydrogen (secondary N) is 1. The smallest absolute Gasteiger partial charge is 0.307 e. The number of carboxylic acid groups (broad SMARTS) is 1. The molecule has 0 unspecified atom stereocenters. The first-order valence-electron chi connectivity index (χ1n) is 7.10. The molecule has 0 aromatic heterocycles. The number of fused-ring (bicyclic) bond motifs is 2. The summed E-state index contributed by atoms with van der Waals surface area (Å²) in [6.45, 7) is 0.263. The van der Waals surface area contributed by atoms with E-state index in [1.165, 1.54) is 0 Å². The van der Waals surface area contributed by atoms with Crippen LogP contribution in [0.1, 0.15) is 12.0 Å². The zero-order valence-corrected chi connectivity index (χ0v) is 13.1. The molecule has 2 N–H and O–H groups in total. The van der Waals surface area contributed by atoms with E-state index < -0.39 is 17.8 Å². The zero-order chi connectivity index (χ0) is 15.9. The Hall–Kier alpha value is -1.52. The second-order valence-corrected chi connectivity index (χ2v) is 6.64. The van der Waals surface area contributed by atoms with Gasteiger partial charge in [0.15, 0.2) is 0 Å². The molecule has 4 atom stereocenters. The maximum absolute atomic E-state index is 12.4. The molecule has 1 amide bonds. The van der Waals surface area contributed by atoms with Crippen LogP contribution in [0.5, 0.6) is 0 Å². The Kier molecular flexibility index (Phi) is 4.15. The van der Waals surface area contributed by atoms with Gasteiger partial charge in [-0.3, -0.25) is 9.59 Å². The van der Waals surface area contributed by atoms with Crippen molar-refractivity contribution in [2.24, 2.45) is 23.7 Å². The Morgan fingerprint density at radius 2 is 1.86 bits per heavy atom. The molecule has 1 saturated carbocycles. The summed E-state index contributed by atoms with van der Waals surface area (Å²) in [6, 6.07) is 5.07. The van der Waals surface area contributed by atoms with Crippen molar-refractivity contribution in [3.63, 3.8) is 0 Å². The fourth-order valence-electron chi connectivity index (χ4n) is 3.48. The molecular weight excluding hydrogens is 325 g/mol. The topological polar surface area (TPSA) is 66.4 Å². The summed E-state index contributed by atoms with van der Waals surface area (Å²) in [5.74, 6) is -2.27. The van der Waals surface area contributed by atoms with Crippen LogP contribution in [0.3, 0.4) is 0 Å². The molecule has 0 spiro atoms. The maximum Gasteiger partial charge on any atom is 0.307 e. The van der Waals surface area contributed by atoms with Crippen LogP contribution in [-0.4, -0.2) is 17.0 Å². The number of hydrogen-bond acceptors (Lipinski definition) is 2. The number of carboxylic acids is 1. The summed E-state index contributed by atoms with van der Waals surface area (Å²) in [4.78, 5) is 23.8. The lowest BCUT2D eigenvalue weighted by atomic mass is 9.82. The number of hydrogen-bond donors (Lipinski definition) is 2. The lowest BCUT2D eigenvalue weighted by molar-refractivity contribution is -0.147. The van der Waals surface area contributed by atoms with Crippen molar-refractivity contribution in [2.75, 3.05) is 0 Å². The predicted octanol–water partition coefficient (Wildman–Crippen LogP) is 3.13. The summed E-state index contributed by atoms with van der Waals surface area (Å²) in [7, 11) is 0. The molecule has 2 aliphatic carbocycles. The van der Waals surface area contributed by atoms with E-state index in [9.17, 15) is 14.7 Å². The van der Waals surface area contributed by atoms with E-state index in [1.54, 1.807) is 18.2 Å². The van der Waals surface area contributed by atoms with Gasteiger partial charge in [-0.1, -0.05) is 41.4 Å². The van der Waals surface area contributed by atoms with Gasteiger partial charge in [0.25, 0.3) is 0 Å². The molecule has 1 fully saturated rings. The van der Waals surface area contributed by atoms with Gasteiger partial charge < -0.3 is 10.4 Å². The Morgan fingerprint density at radius 1 is 1.18 bits per heavy atom. The normalized spacial score (nSPS) is 28.8. The summed E-state index contributed by atoms with van der Waals surface area (Å²) in [5.41, 5.74) is 0.755. The molecule has 6 heteroatoms. The van der Waals surface area contributed by atoms with E-state index >= 15 is 0 Å². The van der Waals surface area contributed by atoms with Crippen molar-refractivity contribution in [3.8, 4) is 0 Å². The van der Waals surface area contributed by atoms with E-state index in [4.69, 9.17) is 23.2 Å². The highest BCUT2D eigenvalue weighted by molar-refractivity contribution is 6.35. The van der Waals surface area contributed by atoms with Crippen LogP contribution in [0, 0.1) is 23.7 Å². The molecule has 0 radical (unpaired) electrons. The first kappa shape index (κ1) is 15.4. The molecule has 2 bridgehead atoms. The molecular formula is C16H15Cl2NO3. The van der Waals surface area contributed by atoms with Crippen molar-refractivity contribution in [2.45, 2.75) is 13.0 Å². The van der Waals surface area contributed by atoms with E-state index in [2.05, 4.69) is 5.32 Å². The van der Waals surface area contributed by atoms with Gasteiger partial charge in [0.05, 0.1) is 11.8 Å². The molecule has 2 aliphatic rings. The maximum atomic E-state index is 12.4. The molecule has 116 valence electrons. The van der Waals surface area contributed by atoms with Crippen molar-refractivity contribution >= 4 is 35.1 Å². The van der Waals surface area contributed by atoms with Crippen molar-refractivity contribution in [1.82, 2.24) is 5.32 Å². The third-order valence-electron chi connectivity index (χ3n) is 4.52. The van der Waals surface area contributed by atoms with Crippen LogP contribution in [0.25, 0.3) is 0 Å². The first-order chi connectivity index (χ1) is 10.5. The molecule has 22 heavy (non-hydrogen) atoms. The Morgan fingerprint density at radius 3 is 2.50 bits per heavy atom. The fourth-order valence-corrected chi connectivity index (χ4v) is 3.96. The summed E-state index contributed by atoms with van der Waals surface area (Å²) >= 11 is 11.9. The lowest BCUT2D eigenvalue weighted by Gasteiger charge is -2.24. The Labute approximate surface area is 138 Å².